The van der Waals surface area contributed by atoms with Crippen LogP contribution < -0.4 is 5.32 Å². The third-order valence-electron chi connectivity index (χ3n) is 15.1. The van der Waals surface area contributed by atoms with Crippen molar-refractivity contribution in [3.63, 3.8) is 0 Å². The van der Waals surface area contributed by atoms with Crippen LogP contribution in [0.2, 0.25) is 0 Å². The number of anilines is 1. The molecule has 0 bridgehead atoms. The summed E-state index contributed by atoms with van der Waals surface area (Å²) in [6.07, 6.45) is 5.37. The average molecular weight is 841 g/mol. The summed E-state index contributed by atoms with van der Waals surface area (Å²) in [5, 5.41) is 25.2. The number of nitrogens with zero attached hydrogens (tertiary/aromatic N) is 1. The molecular weight excluding hydrogens is 791 g/mol. The Balaban J connectivity index is 0.860. The third kappa shape index (κ3) is 6.24. The van der Waals surface area contributed by atoms with E-state index in [0.717, 1.165) is 22.6 Å². The lowest BCUT2D eigenvalue weighted by Gasteiger charge is -2.63. The first-order valence-electron chi connectivity index (χ1n) is 20.9. The van der Waals surface area contributed by atoms with Gasteiger partial charge in [-0.2, -0.15) is 0 Å². The number of ether oxygens (including phenoxy) is 2. The number of aliphatic hydroxyl groups is 2. The first-order chi connectivity index (χ1) is 28.6. The van der Waals surface area contributed by atoms with Crippen molar-refractivity contribution >= 4 is 41.0 Å². The molecule has 2 aromatic rings. The van der Waals surface area contributed by atoms with Gasteiger partial charge >= 0.3 is 0 Å². The first-order valence-corrected chi connectivity index (χ1v) is 21.7. The van der Waals surface area contributed by atoms with Crippen molar-refractivity contribution < 1.29 is 47.6 Å². The summed E-state index contributed by atoms with van der Waals surface area (Å²) in [6, 6.07) is 15.1. The zero-order chi connectivity index (χ0) is 42.4. The van der Waals surface area contributed by atoms with Gasteiger partial charge in [-0.1, -0.05) is 61.7 Å². The van der Waals surface area contributed by atoms with Crippen molar-refractivity contribution in [3.8, 4) is 0 Å². The third-order valence-corrected chi connectivity index (χ3v) is 16.1. The van der Waals surface area contributed by atoms with E-state index in [2.05, 4.69) is 11.9 Å². The molecular formula is C47H50F2N2O8S. The number of benzene rings is 2. The fraction of sp³-hybridized carbons (Fsp3) is 0.489. The predicted molar refractivity (Wildman–Crippen MR) is 219 cm³/mol. The topological polar surface area (TPSA) is 142 Å². The molecule has 13 heteroatoms. The molecule has 2 aliphatic heterocycles. The fourth-order valence-electron chi connectivity index (χ4n) is 12.0. The lowest BCUT2D eigenvalue weighted by atomic mass is 9.44. The summed E-state index contributed by atoms with van der Waals surface area (Å²) in [6.45, 7) is 6.89. The van der Waals surface area contributed by atoms with Crippen molar-refractivity contribution in [1.29, 1.82) is 0 Å². The maximum atomic E-state index is 17.8. The predicted octanol–water partition coefficient (Wildman–Crippen LogP) is 7.14. The summed E-state index contributed by atoms with van der Waals surface area (Å²) >= 11 is 1.50. The van der Waals surface area contributed by atoms with Gasteiger partial charge in [-0.25, -0.2) is 8.78 Å². The highest BCUT2D eigenvalue weighted by Crippen LogP contribution is 2.72. The van der Waals surface area contributed by atoms with E-state index in [9.17, 15) is 29.4 Å². The molecule has 5 fully saturated rings. The van der Waals surface area contributed by atoms with E-state index in [1.54, 1.807) is 32.1 Å². The van der Waals surface area contributed by atoms with Crippen LogP contribution in [0, 0.1) is 34.5 Å². The molecule has 9 rings (SSSR count). The van der Waals surface area contributed by atoms with Crippen LogP contribution in [0.1, 0.15) is 70.6 Å². The van der Waals surface area contributed by atoms with Gasteiger partial charge in [0.05, 0.1) is 12.2 Å². The van der Waals surface area contributed by atoms with Crippen molar-refractivity contribution in [1.82, 2.24) is 4.90 Å². The molecule has 316 valence electrons. The normalized spacial score (nSPS) is 39.2. The van der Waals surface area contributed by atoms with E-state index in [0.29, 0.717) is 36.2 Å². The van der Waals surface area contributed by atoms with Crippen molar-refractivity contribution in [2.24, 2.45) is 34.5 Å². The maximum Gasteiger partial charge on any atom is 0.253 e. The smallest absolute Gasteiger partial charge is 0.253 e. The Morgan fingerprint density at radius 3 is 2.40 bits per heavy atom. The largest absolute Gasteiger partial charge is 0.390 e. The van der Waals surface area contributed by atoms with Gasteiger partial charge in [0.1, 0.15) is 12.8 Å². The van der Waals surface area contributed by atoms with Gasteiger partial charge in [0.15, 0.2) is 23.3 Å². The highest BCUT2D eigenvalue weighted by Gasteiger charge is 2.80. The minimum atomic E-state index is -2.22. The Morgan fingerprint density at radius 2 is 1.70 bits per heavy atom. The number of alkyl halides is 2. The molecule has 0 aromatic heterocycles. The molecule has 7 aliphatic rings. The number of fused-ring (bicyclic) bond motifs is 7. The number of hydrogen-bond acceptors (Lipinski definition) is 9. The molecule has 4 saturated carbocycles. The monoisotopic (exact) mass is 840 g/mol. The molecule has 0 unspecified atom stereocenters. The molecule has 5 aliphatic carbocycles. The van der Waals surface area contributed by atoms with Crippen LogP contribution in [0.3, 0.4) is 0 Å². The molecule has 0 radical (unpaired) electrons. The Bertz CT molecular complexity index is 2220. The number of nitrogens with one attached hydrogen (secondary N) is 1. The molecule has 60 heavy (non-hydrogen) atoms. The van der Waals surface area contributed by atoms with Crippen molar-refractivity contribution in [2.45, 2.75) is 105 Å². The van der Waals surface area contributed by atoms with Crippen LogP contribution in [0.25, 0.3) is 0 Å². The second-order valence-electron chi connectivity index (χ2n) is 18.2. The summed E-state index contributed by atoms with van der Waals surface area (Å²) in [5.41, 5.74) is -4.35. The Hall–Kier alpha value is -4.27. The number of allylic oxidation sites excluding steroid dienone is 5. The van der Waals surface area contributed by atoms with Gasteiger partial charge in [-0.3, -0.25) is 24.1 Å². The van der Waals surface area contributed by atoms with Crippen LogP contribution >= 0.6 is 11.8 Å². The molecule has 0 spiro atoms. The van der Waals surface area contributed by atoms with Crippen molar-refractivity contribution in [2.75, 3.05) is 18.5 Å². The molecule has 10 atom stereocenters. The van der Waals surface area contributed by atoms with Crippen LogP contribution in [0.15, 0.2) is 106 Å². The number of hydrogen-bond donors (Lipinski definition) is 3. The number of aliphatic hydroxyl groups excluding tert-OH is 2. The van der Waals surface area contributed by atoms with Gasteiger partial charge in [-0.05, 0) is 105 Å². The minimum absolute atomic E-state index is 0.0559. The van der Waals surface area contributed by atoms with Crippen LogP contribution in [-0.2, 0) is 28.7 Å². The maximum absolute atomic E-state index is 17.8. The van der Waals surface area contributed by atoms with E-state index < -0.39 is 71.0 Å². The van der Waals surface area contributed by atoms with Crippen LogP contribution in [0.5, 0.6) is 0 Å². The minimum Gasteiger partial charge on any atom is -0.390 e. The van der Waals surface area contributed by atoms with E-state index in [4.69, 9.17) is 9.47 Å². The number of amides is 3. The zero-order valence-corrected chi connectivity index (χ0v) is 34.5. The standard InChI is InChI=1S/C47H50F2N2O8S/c1-26-17-18-44(2)35(19-26)36(48)21-34-33-22-39-47(38(54)25-52,45(33,3)23-37(53)46(34,44)49)59-43(58-39)29-11-13-31(14-12-29)60-32-6-4-5-30(20-32)50-42(57)28-9-7-27(8-10-28)24-51-40(55)15-16-41(51)56/h4-6,11-20,27-28,33-34,36-37,39,43,52-53H,1,7-10,21-25H2,2-3H3,(H,50,57)/t27?,28?,33-,34-,36-,37-,39+,43+,44-,45-,46-,47+/m0/s1. The highest BCUT2D eigenvalue weighted by atomic mass is 32.2. The molecule has 1 saturated heterocycles. The lowest BCUT2D eigenvalue weighted by Crippen LogP contribution is -2.70. The van der Waals surface area contributed by atoms with Crippen LogP contribution in [0.4, 0.5) is 14.5 Å². The Morgan fingerprint density at radius 1 is 0.983 bits per heavy atom. The van der Waals surface area contributed by atoms with E-state index in [1.165, 1.54) is 28.8 Å². The summed E-state index contributed by atoms with van der Waals surface area (Å²) < 4.78 is 47.0. The van der Waals surface area contributed by atoms with E-state index in [-0.39, 0.29) is 54.4 Å². The van der Waals surface area contributed by atoms with Gasteiger partial charge < -0.3 is 25.0 Å². The van der Waals surface area contributed by atoms with Gasteiger partial charge in [-0.15, -0.1) is 0 Å². The molecule has 2 heterocycles. The molecule has 3 N–H and O–H groups in total. The Kier molecular flexibility index (Phi) is 10.3. The number of imide groups is 1. The molecule has 10 nitrogen and oxygen atoms in total. The molecule has 2 aromatic carbocycles. The molecule has 3 amide bonds. The number of carbonyl (C=O) groups excluding carboxylic acids is 4. The zero-order valence-electron chi connectivity index (χ0n) is 33.7. The number of Topliss-reactive ketones (excluding diaryl/α,β-unsaturated/α-hetero) is 1. The fourth-order valence-corrected chi connectivity index (χ4v) is 12.9. The number of ketones is 1. The lowest BCUT2D eigenvalue weighted by molar-refractivity contribution is -0.235. The van der Waals surface area contributed by atoms with Gasteiger partial charge in [0.25, 0.3) is 11.8 Å². The summed E-state index contributed by atoms with van der Waals surface area (Å²) in [5.74, 6) is -2.74. The average Bonchev–Trinajstić information content (AvgIpc) is 3.85. The number of carbonyl (C=O) groups is 4. The van der Waals surface area contributed by atoms with Gasteiger partial charge in [0, 0.05) is 62.4 Å². The van der Waals surface area contributed by atoms with Crippen molar-refractivity contribution in [3.05, 3.63) is 102 Å². The summed E-state index contributed by atoms with van der Waals surface area (Å²) in [4.78, 5) is 54.2. The number of halogens is 2. The Labute approximate surface area is 352 Å². The summed E-state index contributed by atoms with van der Waals surface area (Å²) in [7, 11) is 0. The first kappa shape index (κ1) is 41.1. The van der Waals surface area contributed by atoms with E-state index in [1.807, 2.05) is 48.5 Å². The quantitative estimate of drug-likeness (QED) is 0.225. The van der Waals surface area contributed by atoms with Crippen LogP contribution in [-0.4, -0.2) is 81.4 Å². The second-order valence-corrected chi connectivity index (χ2v) is 19.3. The second kappa shape index (κ2) is 15.0. The van der Waals surface area contributed by atoms with Gasteiger partial charge in [0.2, 0.25) is 5.91 Å². The SMILES string of the molecule is C=C1C=C[C@@]2(C)C(=C1)[C@@H](F)C[C@H]1[C@@H]3C[C@H]4O[C@@H](c5ccc(Sc6cccc(NC(=O)C7CCC(CN8C(=O)C=CC8=O)CC7)c6)cc5)O[C@@]4(C(=O)CO)[C@@]3(C)C[C@H](O)[C@@]12F. The van der Waals surface area contributed by atoms with E-state index >= 15 is 8.78 Å². The highest BCUT2D eigenvalue weighted by molar-refractivity contribution is 7.99. The number of rotatable bonds is 9.